The SMILES string of the molecule is CC(=O)OC(COc1ccc(F)cc1)Cn1cnc2cc(C)c(C)cc21. The van der Waals surface area contributed by atoms with E-state index in [1.165, 1.54) is 30.2 Å². The third-order valence-electron chi connectivity index (χ3n) is 4.22. The molecule has 136 valence electrons. The van der Waals surface area contributed by atoms with Crippen molar-refractivity contribution in [1.29, 1.82) is 0 Å². The maximum atomic E-state index is 13.0. The summed E-state index contributed by atoms with van der Waals surface area (Å²) >= 11 is 0. The van der Waals surface area contributed by atoms with Crippen molar-refractivity contribution in [1.82, 2.24) is 9.55 Å². The summed E-state index contributed by atoms with van der Waals surface area (Å²) in [4.78, 5) is 15.9. The van der Waals surface area contributed by atoms with Crippen LogP contribution in [0.4, 0.5) is 4.39 Å². The molecule has 1 unspecified atom stereocenters. The predicted molar refractivity (Wildman–Crippen MR) is 96.7 cm³/mol. The van der Waals surface area contributed by atoms with Gasteiger partial charge in [-0.25, -0.2) is 9.37 Å². The first-order chi connectivity index (χ1) is 12.4. The molecule has 0 N–H and O–H groups in total. The molecule has 0 bridgehead atoms. The Labute approximate surface area is 151 Å². The van der Waals surface area contributed by atoms with Crippen LogP contribution in [0.25, 0.3) is 11.0 Å². The minimum atomic E-state index is -0.489. The minimum absolute atomic E-state index is 0.162. The molecule has 0 radical (unpaired) electrons. The van der Waals surface area contributed by atoms with Gasteiger partial charge in [-0.1, -0.05) is 0 Å². The molecule has 26 heavy (non-hydrogen) atoms. The van der Waals surface area contributed by atoms with E-state index in [9.17, 15) is 9.18 Å². The second kappa shape index (κ2) is 7.56. The quantitative estimate of drug-likeness (QED) is 0.631. The lowest BCUT2D eigenvalue weighted by atomic mass is 10.1. The maximum Gasteiger partial charge on any atom is 0.303 e. The highest BCUT2D eigenvalue weighted by atomic mass is 19.1. The number of fused-ring (bicyclic) bond motifs is 1. The van der Waals surface area contributed by atoms with Crippen LogP contribution in [0.15, 0.2) is 42.7 Å². The molecule has 0 aliphatic rings. The molecule has 0 saturated carbocycles. The Morgan fingerprint density at radius 3 is 2.58 bits per heavy atom. The molecule has 0 saturated heterocycles. The monoisotopic (exact) mass is 356 g/mol. The molecule has 6 heteroatoms. The topological polar surface area (TPSA) is 53.4 Å². The van der Waals surface area contributed by atoms with Crippen LogP contribution in [-0.4, -0.2) is 28.2 Å². The van der Waals surface area contributed by atoms with E-state index in [4.69, 9.17) is 9.47 Å². The predicted octanol–water partition coefficient (Wildman–Crippen LogP) is 3.80. The van der Waals surface area contributed by atoms with Crippen LogP contribution < -0.4 is 4.74 Å². The number of esters is 1. The number of rotatable bonds is 6. The van der Waals surface area contributed by atoms with Gasteiger partial charge in [0, 0.05) is 6.92 Å². The average molecular weight is 356 g/mol. The van der Waals surface area contributed by atoms with Gasteiger partial charge >= 0.3 is 5.97 Å². The Morgan fingerprint density at radius 1 is 1.19 bits per heavy atom. The second-order valence-corrected chi connectivity index (χ2v) is 6.32. The summed E-state index contributed by atoms with van der Waals surface area (Å²) in [5.41, 5.74) is 4.23. The Bertz CT molecular complexity index is 919. The molecule has 5 nitrogen and oxygen atoms in total. The van der Waals surface area contributed by atoms with Gasteiger partial charge in [0.25, 0.3) is 0 Å². The van der Waals surface area contributed by atoms with Crippen molar-refractivity contribution in [3.05, 3.63) is 59.7 Å². The molecule has 1 heterocycles. The molecule has 3 aromatic rings. The number of halogens is 1. The number of nitrogens with zero attached hydrogens (tertiary/aromatic N) is 2. The maximum absolute atomic E-state index is 13.0. The zero-order valence-corrected chi connectivity index (χ0v) is 15.0. The van der Waals surface area contributed by atoms with Crippen molar-refractivity contribution in [3.63, 3.8) is 0 Å². The summed E-state index contributed by atoms with van der Waals surface area (Å²) in [5, 5.41) is 0. The smallest absolute Gasteiger partial charge is 0.303 e. The van der Waals surface area contributed by atoms with E-state index in [2.05, 4.69) is 11.1 Å². The van der Waals surface area contributed by atoms with E-state index in [0.717, 1.165) is 11.0 Å². The van der Waals surface area contributed by atoms with Crippen LogP contribution >= 0.6 is 0 Å². The van der Waals surface area contributed by atoms with Gasteiger partial charge < -0.3 is 14.0 Å². The van der Waals surface area contributed by atoms with Crippen LogP contribution in [0.2, 0.25) is 0 Å². The molecule has 0 spiro atoms. The van der Waals surface area contributed by atoms with Crippen molar-refractivity contribution >= 4 is 17.0 Å². The fraction of sp³-hybridized carbons (Fsp3) is 0.300. The van der Waals surface area contributed by atoms with Crippen molar-refractivity contribution in [2.45, 2.75) is 33.4 Å². The summed E-state index contributed by atoms with van der Waals surface area (Å²) in [6.07, 6.45) is 1.24. The highest BCUT2D eigenvalue weighted by Crippen LogP contribution is 2.19. The normalized spacial score (nSPS) is 12.2. The minimum Gasteiger partial charge on any atom is -0.490 e. The Kier molecular flexibility index (Phi) is 5.21. The van der Waals surface area contributed by atoms with Crippen LogP contribution in [0.3, 0.4) is 0 Å². The molecule has 0 fully saturated rings. The van der Waals surface area contributed by atoms with Crippen molar-refractivity contribution < 1.29 is 18.7 Å². The number of aromatic nitrogens is 2. The average Bonchev–Trinajstić information content (AvgIpc) is 2.96. The molecule has 0 aliphatic heterocycles. The molecule has 3 rings (SSSR count). The van der Waals surface area contributed by atoms with E-state index in [1.54, 1.807) is 18.5 Å². The van der Waals surface area contributed by atoms with Gasteiger partial charge in [0.05, 0.1) is 23.9 Å². The Morgan fingerprint density at radius 2 is 1.88 bits per heavy atom. The van der Waals surface area contributed by atoms with Crippen molar-refractivity contribution in [3.8, 4) is 5.75 Å². The molecule has 0 amide bonds. The third-order valence-corrected chi connectivity index (χ3v) is 4.22. The molecule has 0 aliphatic carbocycles. The number of carbonyl (C=O) groups is 1. The fourth-order valence-corrected chi connectivity index (χ4v) is 2.76. The number of imidazole rings is 1. The number of hydrogen-bond donors (Lipinski definition) is 0. The number of aryl methyl sites for hydroxylation is 2. The van der Waals surface area contributed by atoms with E-state index in [-0.39, 0.29) is 18.4 Å². The zero-order valence-electron chi connectivity index (χ0n) is 15.0. The van der Waals surface area contributed by atoms with Gasteiger partial charge in [-0.05, 0) is 61.4 Å². The van der Waals surface area contributed by atoms with Crippen molar-refractivity contribution in [2.24, 2.45) is 0 Å². The summed E-state index contributed by atoms with van der Waals surface area (Å²) in [6, 6.07) is 9.84. The summed E-state index contributed by atoms with van der Waals surface area (Å²) in [6.45, 7) is 6.04. The lowest BCUT2D eigenvalue weighted by molar-refractivity contribution is -0.148. The summed E-state index contributed by atoms with van der Waals surface area (Å²) in [5.74, 6) is -0.191. The van der Waals surface area contributed by atoms with Crippen LogP contribution in [0, 0.1) is 19.7 Å². The molecule has 2 aromatic carbocycles. The standard InChI is InChI=1S/C20H21FN2O3/c1-13-8-19-20(9-14(13)2)23(12-22-19)10-18(26-15(3)24)11-25-17-6-4-16(21)5-7-17/h4-9,12,18H,10-11H2,1-3H3. The van der Waals surface area contributed by atoms with Crippen LogP contribution in [0.1, 0.15) is 18.1 Å². The van der Waals surface area contributed by atoms with E-state index < -0.39 is 6.10 Å². The highest BCUT2D eigenvalue weighted by Gasteiger charge is 2.16. The van der Waals surface area contributed by atoms with Gasteiger partial charge in [-0.15, -0.1) is 0 Å². The lowest BCUT2D eigenvalue weighted by Gasteiger charge is -2.19. The number of ether oxygens (including phenoxy) is 2. The number of hydrogen-bond acceptors (Lipinski definition) is 4. The first-order valence-corrected chi connectivity index (χ1v) is 8.40. The first-order valence-electron chi connectivity index (χ1n) is 8.40. The van der Waals surface area contributed by atoms with Gasteiger partial charge in [0.2, 0.25) is 0 Å². The van der Waals surface area contributed by atoms with Gasteiger partial charge in [0.15, 0.2) is 6.10 Å². The summed E-state index contributed by atoms with van der Waals surface area (Å²) < 4.78 is 26.0. The van der Waals surface area contributed by atoms with Crippen LogP contribution in [-0.2, 0) is 16.1 Å². The molecule has 1 aromatic heterocycles. The van der Waals surface area contributed by atoms with Gasteiger partial charge in [0.1, 0.15) is 18.2 Å². The lowest BCUT2D eigenvalue weighted by Crippen LogP contribution is -2.28. The molecule has 1 atom stereocenters. The van der Waals surface area contributed by atoms with Gasteiger partial charge in [-0.3, -0.25) is 4.79 Å². The second-order valence-electron chi connectivity index (χ2n) is 6.32. The molecular formula is C20H21FN2O3. The zero-order chi connectivity index (χ0) is 18.7. The highest BCUT2D eigenvalue weighted by molar-refractivity contribution is 5.77. The van der Waals surface area contributed by atoms with Crippen LogP contribution in [0.5, 0.6) is 5.75 Å². The fourth-order valence-electron chi connectivity index (χ4n) is 2.76. The number of benzene rings is 2. The first kappa shape index (κ1) is 17.9. The third kappa shape index (κ3) is 4.20. The van der Waals surface area contributed by atoms with E-state index in [0.29, 0.717) is 12.3 Å². The molecular weight excluding hydrogens is 335 g/mol. The van der Waals surface area contributed by atoms with E-state index >= 15 is 0 Å². The largest absolute Gasteiger partial charge is 0.490 e. The van der Waals surface area contributed by atoms with Crippen molar-refractivity contribution in [2.75, 3.05) is 6.61 Å². The van der Waals surface area contributed by atoms with E-state index in [1.807, 2.05) is 24.5 Å². The van der Waals surface area contributed by atoms with Gasteiger partial charge in [-0.2, -0.15) is 0 Å². The Hall–Kier alpha value is -2.89. The summed E-state index contributed by atoms with van der Waals surface area (Å²) in [7, 11) is 0. The Balaban J connectivity index is 1.76. The number of carbonyl (C=O) groups excluding carboxylic acids is 1.